The molecule has 158 valence electrons. The normalized spacial score (nSPS) is 11.6. The van der Waals surface area contributed by atoms with E-state index in [0.29, 0.717) is 18.3 Å². The molecule has 9 heteroatoms. The van der Waals surface area contributed by atoms with E-state index in [1.54, 1.807) is 11.0 Å². The Kier molecular flexibility index (Phi) is 7.07. The minimum atomic E-state index is -0.311. The molecule has 0 atom stereocenters. The maximum atomic E-state index is 12.6. The van der Waals surface area contributed by atoms with Gasteiger partial charge in [-0.1, -0.05) is 6.92 Å². The van der Waals surface area contributed by atoms with Crippen molar-refractivity contribution in [3.8, 4) is 5.95 Å². The molecule has 29 heavy (non-hydrogen) atoms. The van der Waals surface area contributed by atoms with E-state index in [4.69, 9.17) is 0 Å². The number of hydrogen-bond donors (Lipinski definition) is 2. The van der Waals surface area contributed by atoms with Crippen LogP contribution < -0.4 is 10.6 Å². The maximum Gasteiger partial charge on any atom is 0.252 e. The van der Waals surface area contributed by atoms with Gasteiger partial charge in [0.25, 0.3) is 5.95 Å². The van der Waals surface area contributed by atoms with Gasteiger partial charge in [0.1, 0.15) is 5.82 Å². The fraction of sp³-hybridized carbons (Fsp3) is 0.550. The number of nitrogens with one attached hydrogen (secondary N) is 2. The second-order valence-corrected chi connectivity index (χ2v) is 8.18. The van der Waals surface area contributed by atoms with Gasteiger partial charge < -0.3 is 10.6 Å². The number of aromatic nitrogens is 4. The van der Waals surface area contributed by atoms with E-state index in [1.807, 2.05) is 54.5 Å². The fourth-order valence-corrected chi connectivity index (χ4v) is 2.87. The van der Waals surface area contributed by atoms with Gasteiger partial charge in [0.05, 0.1) is 18.8 Å². The lowest BCUT2D eigenvalue weighted by Gasteiger charge is -2.24. The van der Waals surface area contributed by atoms with Gasteiger partial charge in [-0.15, -0.1) is 0 Å². The van der Waals surface area contributed by atoms with Crippen molar-refractivity contribution >= 4 is 17.6 Å². The third kappa shape index (κ3) is 6.94. The van der Waals surface area contributed by atoms with Crippen LogP contribution in [0.4, 0.5) is 5.82 Å². The van der Waals surface area contributed by atoms with Gasteiger partial charge in [0, 0.05) is 23.0 Å². The number of likely N-dealkylation sites (N-methyl/N-ethyl adjacent to an activating group) is 1. The fourth-order valence-electron chi connectivity index (χ4n) is 2.87. The van der Waals surface area contributed by atoms with Crippen molar-refractivity contribution in [3.05, 3.63) is 29.2 Å². The summed E-state index contributed by atoms with van der Waals surface area (Å²) < 4.78 is 1.52. The van der Waals surface area contributed by atoms with Crippen LogP contribution in [0.15, 0.2) is 12.1 Å². The highest BCUT2D eigenvalue weighted by Crippen LogP contribution is 2.15. The van der Waals surface area contributed by atoms with Crippen molar-refractivity contribution in [2.24, 2.45) is 0 Å². The number of anilines is 1. The highest BCUT2D eigenvalue weighted by Gasteiger charge is 2.19. The Bertz CT molecular complexity index is 863. The number of rotatable bonds is 7. The quantitative estimate of drug-likeness (QED) is 0.732. The largest absolute Gasteiger partial charge is 0.350 e. The summed E-state index contributed by atoms with van der Waals surface area (Å²) in [5.74, 6) is 0.549. The number of carbonyl (C=O) groups is 2. The molecule has 0 aliphatic heterocycles. The van der Waals surface area contributed by atoms with Crippen LogP contribution in [0.3, 0.4) is 0 Å². The van der Waals surface area contributed by atoms with E-state index in [2.05, 4.69) is 25.7 Å². The molecule has 0 spiro atoms. The lowest BCUT2D eigenvalue weighted by molar-refractivity contribution is -0.124. The summed E-state index contributed by atoms with van der Waals surface area (Å²) in [5.41, 5.74) is 2.06. The van der Waals surface area contributed by atoms with E-state index in [1.165, 1.54) is 4.68 Å². The Morgan fingerprint density at radius 2 is 1.59 bits per heavy atom. The second-order valence-electron chi connectivity index (χ2n) is 8.18. The van der Waals surface area contributed by atoms with E-state index >= 15 is 0 Å². The van der Waals surface area contributed by atoms with Crippen LogP contribution >= 0.6 is 0 Å². The molecule has 2 N–H and O–H groups in total. The standard InChI is InChI=1S/C20H31N7O2/c1-8-26(12-18(29)24-20(5,6)7)11-17(28)23-16-10-15(4)25-27(16)19-21-13(2)9-14(3)22-19/h9-10H,8,11-12H2,1-7H3,(H,23,28)(H,24,29). The van der Waals surface area contributed by atoms with Crippen LogP contribution in [-0.2, 0) is 9.59 Å². The van der Waals surface area contributed by atoms with Crippen molar-refractivity contribution < 1.29 is 9.59 Å². The average molecular weight is 402 g/mol. The topological polar surface area (TPSA) is 105 Å². The summed E-state index contributed by atoms with van der Waals surface area (Å²) in [5, 5.41) is 10.2. The minimum absolute atomic E-state index is 0.0893. The number of amides is 2. The summed E-state index contributed by atoms with van der Waals surface area (Å²) in [4.78, 5) is 35.4. The molecule has 2 rings (SSSR count). The smallest absolute Gasteiger partial charge is 0.252 e. The minimum Gasteiger partial charge on any atom is -0.350 e. The van der Waals surface area contributed by atoms with Crippen molar-refractivity contribution in [3.63, 3.8) is 0 Å². The molecule has 0 aliphatic rings. The van der Waals surface area contributed by atoms with Crippen LogP contribution in [0.2, 0.25) is 0 Å². The van der Waals surface area contributed by atoms with E-state index in [9.17, 15) is 9.59 Å². The maximum absolute atomic E-state index is 12.6. The molecule has 0 saturated heterocycles. The Balaban J connectivity index is 2.09. The lowest BCUT2D eigenvalue weighted by atomic mass is 10.1. The number of aryl methyl sites for hydroxylation is 3. The van der Waals surface area contributed by atoms with Crippen LogP contribution in [0.25, 0.3) is 5.95 Å². The molecule has 0 aromatic carbocycles. The first-order valence-corrected chi connectivity index (χ1v) is 9.69. The monoisotopic (exact) mass is 401 g/mol. The number of hydrogen-bond acceptors (Lipinski definition) is 6. The summed E-state index contributed by atoms with van der Waals surface area (Å²) in [6.45, 7) is 14.1. The molecule has 0 saturated carbocycles. The van der Waals surface area contributed by atoms with Crippen molar-refractivity contribution in [2.75, 3.05) is 25.0 Å². The second kappa shape index (κ2) is 9.13. The SMILES string of the molecule is CCN(CC(=O)Nc1cc(C)nn1-c1nc(C)cc(C)n1)CC(=O)NC(C)(C)C. The third-order valence-electron chi connectivity index (χ3n) is 3.96. The zero-order valence-corrected chi connectivity index (χ0v) is 18.3. The molecule has 9 nitrogen and oxygen atoms in total. The van der Waals surface area contributed by atoms with Gasteiger partial charge in [0.2, 0.25) is 11.8 Å². The Hall–Kier alpha value is -2.81. The van der Waals surface area contributed by atoms with Crippen molar-refractivity contribution in [1.29, 1.82) is 0 Å². The van der Waals surface area contributed by atoms with Gasteiger partial charge in [-0.25, -0.2) is 9.97 Å². The highest BCUT2D eigenvalue weighted by molar-refractivity contribution is 5.92. The predicted octanol–water partition coefficient (Wildman–Crippen LogP) is 1.76. The molecule has 0 unspecified atom stereocenters. The van der Waals surface area contributed by atoms with Crippen LogP contribution in [0, 0.1) is 20.8 Å². The zero-order chi connectivity index (χ0) is 21.8. The summed E-state index contributed by atoms with van der Waals surface area (Å²) in [6, 6.07) is 3.64. The summed E-state index contributed by atoms with van der Waals surface area (Å²) >= 11 is 0. The average Bonchev–Trinajstić information content (AvgIpc) is 2.91. The van der Waals surface area contributed by atoms with E-state index in [0.717, 1.165) is 17.1 Å². The molecular weight excluding hydrogens is 370 g/mol. The molecule has 0 fully saturated rings. The molecule has 0 radical (unpaired) electrons. The molecule has 0 bridgehead atoms. The van der Waals surface area contributed by atoms with Crippen LogP contribution in [0.1, 0.15) is 44.8 Å². The Labute approximate surface area is 171 Å². The predicted molar refractivity (Wildman–Crippen MR) is 112 cm³/mol. The first-order valence-electron chi connectivity index (χ1n) is 9.69. The molecule has 2 aromatic rings. The zero-order valence-electron chi connectivity index (χ0n) is 18.3. The molecule has 2 aromatic heterocycles. The van der Waals surface area contributed by atoms with Crippen molar-refractivity contribution in [2.45, 2.75) is 54.0 Å². The number of carbonyl (C=O) groups excluding carboxylic acids is 2. The third-order valence-corrected chi connectivity index (χ3v) is 3.96. The molecular formula is C20H31N7O2. The Morgan fingerprint density at radius 3 is 2.14 bits per heavy atom. The van der Waals surface area contributed by atoms with Gasteiger partial charge in [-0.3, -0.25) is 14.5 Å². The van der Waals surface area contributed by atoms with Gasteiger partial charge in [0.15, 0.2) is 0 Å². The summed E-state index contributed by atoms with van der Waals surface area (Å²) in [6.07, 6.45) is 0. The molecule has 2 amide bonds. The summed E-state index contributed by atoms with van der Waals surface area (Å²) in [7, 11) is 0. The van der Waals surface area contributed by atoms with E-state index in [-0.39, 0.29) is 30.4 Å². The van der Waals surface area contributed by atoms with Crippen LogP contribution in [0.5, 0.6) is 0 Å². The van der Waals surface area contributed by atoms with Crippen molar-refractivity contribution in [1.82, 2.24) is 30.0 Å². The van der Waals surface area contributed by atoms with Gasteiger partial charge in [-0.05, 0) is 54.2 Å². The lowest BCUT2D eigenvalue weighted by Crippen LogP contribution is -2.47. The van der Waals surface area contributed by atoms with E-state index < -0.39 is 0 Å². The molecule has 0 aliphatic carbocycles. The Morgan fingerprint density at radius 1 is 1.00 bits per heavy atom. The van der Waals surface area contributed by atoms with Gasteiger partial charge in [-0.2, -0.15) is 9.78 Å². The molecule has 2 heterocycles. The van der Waals surface area contributed by atoms with Gasteiger partial charge >= 0.3 is 0 Å². The highest BCUT2D eigenvalue weighted by atomic mass is 16.2. The first-order chi connectivity index (χ1) is 13.5. The number of nitrogens with zero attached hydrogens (tertiary/aromatic N) is 5. The van der Waals surface area contributed by atoms with Crippen LogP contribution in [-0.4, -0.2) is 61.6 Å². The first kappa shape index (κ1) is 22.5.